The van der Waals surface area contributed by atoms with Crippen molar-refractivity contribution in [3.63, 3.8) is 0 Å². The number of aliphatic hydroxyl groups excluding tert-OH is 2. The van der Waals surface area contributed by atoms with Gasteiger partial charge in [-0.1, -0.05) is 78.1 Å². The summed E-state index contributed by atoms with van der Waals surface area (Å²) in [7, 11) is 0. The van der Waals surface area contributed by atoms with E-state index in [0.717, 1.165) is 22.3 Å². The Kier molecular flexibility index (Phi) is 6.18. The molecule has 0 heterocycles. The molecule has 2 aromatic carbocycles. The van der Waals surface area contributed by atoms with Crippen molar-refractivity contribution in [1.29, 1.82) is 0 Å². The molecule has 2 atom stereocenters. The van der Waals surface area contributed by atoms with E-state index in [-0.39, 0.29) is 6.42 Å². The van der Waals surface area contributed by atoms with Crippen LogP contribution in [0.2, 0.25) is 0 Å². The lowest BCUT2D eigenvalue weighted by atomic mass is 10.0. The molecule has 0 aliphatic rings. The van der Waals surface area contributed by atoms with Crippen LogP contribution in [-0.2, 0) is 0 Å². The van der Waals surface area contributed by atoms with E-state index in [2.05, 4.69) is 24.2 Å². The van der Waals surface area contributed by atoms with E-state index in [0.29, 0.717) is 5.57 Å². The van der Waals surface area contributed by atoms with E-state index < -0.39 is 12.2 Å². The fourth-order valence-electron chi connectivity index (χ4n) is 2.27. The zero-order valence-electron chi connectivity index (χ0n) is 14.1. The van der Waals surface area contributed by atoms with Crippen LogP contribution in [-0.4, -0.2) is 10.2 Å². The van der Waals surface area contributed by atoms with Gasteiger partial charge in [-0.3, -0.25) is 0 Å². The van der Waals surface area contributed by atoms with Crippen LogP contribution in [0, 0.1) is 25.7 Å². The van der Waals surface area contributed by atoms with Gasteiger partial charge in [0.25, 0.3) is 0 Å². The highest BCUT2D eigenvalue weighted by Crippen LogP contribution is 2.21. The number of hydrogen-bond acceptors (Lipinski definition) is 2. The van der Waals surface area contributed by atoms with Crippen molar-refractivity contribution < 1.29 is 10.2 Å². The Morgan fingerprint density at radius 3 is 1.92 bits per heavy atom. The van der Waals surface area contributed by atoms with Gasteiger partial charge in [0.15, 0.2) is 0 Å². The van der Waals surface area contributed by atoms with Gasteiger partial charge in [-0.2, -0.15) is 0 Å². The van der Waals surface area contributed by atoms with Gasteiger partial charge in [-0.15, -0.1) is 5.73 Å². The Bertz CT molecular complexity index is 783. The molecule has 0 aliphatic carbocycles. The zero-order valence-corrected chi connectivity index (χ0v) is 14.1. The van der Waals surface area contributed by atoms with E-state index >= 15 is 0 Å². The molecule has 2 rings (SSSR count). The third-order valence-corrected chi connectivity index (χ3v) is 3.84. The molecule has 0 amide bonds. The molecule has 0 spiro atoms. The molecule has 2 N–H and O–H groups in total. The lowest BCUT2D eigenvalue weighted by molar-refractivity contribution is 0.184. The standard InChI is InChI=1S/C22H22O2/c1-4-18(22(24)20-14-10-17(3)11-15-20)6-5-7-21(23)19-12-8-16(2)9-13-19/h8-15,21-24H,1,7H2,2-3H3. The van der Waals surface area contributed by atoms with Crippen molar-refractivity contribution in [2.24, 2.45) is 0 Å². The molecule has 2 nitrogen and oxygen atoms in total. The highest BCUT2D eigenvalue weighted by Gasteiger charge is 2.11. The topological polar surface area (TPSA) is 40.5 Å². The summed E-state index contributed by atoms with van der Waals surface area (Å²) in [5, 5.41) is 20.6. The molecule has 0 radical (unpaired) electrons. The summed E-state index contributed by atoms with van der Waals surface area (Å²) in [4.78, 5) is 0. The first-order valence-electron chi connectivity index (χ1n) is 7.89. The highest BCUT2D eigenvalue weighted by atomic mass is 16.3. The summed E-state index contributed by atoms with van der Waals surface area (Å²) in [6.07, 6.45) is -1.22. The number of aryl methyl sites for hydroxylation is 2. The minimum absolute atomic E-state index is 0.287. The van der Waals surface area contributed by atoms with Crippen LogP contribution in [0.15, 0.2) is 66.4 Å². The maximum atomic E-state index is 10.4. The molecular weight excluding hydrogens is 296 g/mol. The van der Waals surface area contributed by atoms with E-state index in [1.807, 2.05) is 62.4 Å². The van der Waals surface area contributed by atoms with Crippen LogP contribution in [0.25, 0.3) is 0 Å². The minimum atomic E-state index is -0.855. The Morgan fingerprint density at radius 2 is 1.42 bits per heavy atom. The Balaban J connectivity index is 2.05. The molecule has 0 aromatic heterocycles. The van der Waals surface area contributed by atoms with Gasteiger partial charge in [0.1, 0.15) is 6.10 Å². The smallest absolute Gasteiger partial charge is 0.119 e. The van der Waals surface area contributed by atoms with Gasteiger partial charge in [0, 0.05) is 6.42 Å². The van der Waals surface area contributed by atoms with Crippen LogP contribution in [0.4, 0.5) is 0 Å². The van der Waals surface area contributed by atoms with Crippen molar-refractivity contribution in [3.05, 3.63) is 88.7 Å². The minimum Gasteiger partial charge on any atom is -0.387 e. The molecule has 0 saturated heterocycles. The summed E-state index contributed by atoms with van der Waals surface area (Å²) in [6, 6.07) is 15.3. The number of benzene rings is 2. The summed E-state index contributed by atoms with van der Waals surface area (Å²) in [5.74, 6) is 5.79. The monoisotopic (exact) mass is 318 g/mol. The van der Waals surface area contributed by atoms with Crippen LogP contribution < -0.4 is 0 Å². The van der Waals surface area contributed by atoms with Crippen molar-refractivity contribution >= 4 is 0 Å². The molecule has 0 fully saturated rings. The van der Waals surface area contributed by atoms with Crippen molar-refractivity contribution in [2.45, 2.75) is 32.5 Å². The highest BCUT2D eigenvalue weighted by molar-refractivity contribution is 5.38. The average molecular weight is 318 g/mol. The predicted molar refractivity (Wildman–Crippen MR) is 97.3 cm³/mol. The van der Waals surface area contributed by atoms with E-state index in [9.17, 15) is 10.2 Å². The van der Waals surface area contributed by atoms with Gasteiger partial charge in [0.2, 0.25) is 0 Å². The summed E-state index contributed by atoms with van der Waals surface area (Å²) >= 11 is 0. The van der Waals surface area contributed by atoms with E-state index in [1.165, 1.54) is 0 Å². The molecule has 0 saturated carbocycles. The van der Waals surface area contributed by atoms with Crippen LogP contribution in [0.3, 0.4) is 0 Å². The maximum absolute atomic E-state index is 10.4. The van der Waals surface area contributed by atoms with Gasteiger partial charge in [-0.05, 0) is 25.0 Å². The molecule has 2 unspecified atom stereocenters. The molecule has 0 aliphatic heterocycles. The Hall–Kier alpha value is -2.56. The van der Waals surface area contributed by atoms with Gasteiger partial charge >= 0.3 is 0 Å². The first kappa shape index (κ1) is 17.8. The fourth-order valence-corrected chi connectivity index (χ4v) is 2.27. The van der Waals surface area contributed by atoms with Crippen molar-refractivity contribution in [3.8, 4) is 11.8 Å². The SMILES string of the molecule is C=C=C(C#CCC(O)c1ccc(C)cc1)C(O)c1ccc(C)cc1. The quantitative estimate of drug-likeness (QED) is 0.656. The lowest BCUT2D eigenvalue weighted by Crippen LogP contribution is -2.00. The predicted octanol–water partition coefficient (Wildman–Crippen LogP) is 4.18. The molecule has 2 aromatic rings. The average Bonchev–Trinajstić information content (AvgIpc) is 2.59. The van der Waals surface area contributed by atoms with Crippen LogP contribution >= 0.6 is 0 Å². The lowest BCUT2D eigenvalue weighted by Gasteiger charge is -2.10. The number of rotatable bonds is 4. The zero-order chi connectivity index (χ0) is 17.5. The van der Waals surface area contributed by atoms with E-state index in [4.69, 9.17) is 0 Å². The van der Waals surface area contributed by atoms with E-state index in [1.54, 1.807) is 0 Å². The maximum Gasteiger partial charge on any atom is 0.119 e. The first-order chi connectivity index (χ1) is 11.5. The summed E-state index contributed by atoms with van der Waals surface area (Å²) < 4.78 is 0. The second-order valence-electron chi connectivity index (χ2n) is 5.84. The first-order valence-corrected chi connectivity index (χ1v) is 7.89. The number of aliphatic hydroxyl groups is 2. The van der Waals surface area contributed by atoms with Crippen molar-refractivity contribution in [1.82, 2.24) is 0 Å². The normalized spacial score (nSPS) is 12.5. The second-order valence-corrected chi connectivity index (χ2v) is 5.84. The summed E-state index contributed by atoms with van der Waals surface area (Å²) in [6.45, 7) is 7.60. The largest absolute Gasteiger partial charge is 0.387 e. The van der Waals surface area contributed by atoms with Crippen molar-refractivity contribution in [2.75, 3.05) is 0 Å². The Labute approximate surface area is 143 Å². The second kappa shape index (κ2) is 8.34. The third-order valence-electron chi connectivity index (χ3n) is 3.84. The Morgan fingerprint density at radius 1 is 0.917 bits per heavy atom. The summed E-state index contributed by atoms with van der Waals surface area (Å²) in [5.41, 5.74) is 6.97. The molecular formula is C22H22O2. The molecule has 2 heteroatoms. The van der Waals surface area contributed by atoms with Crippen LogP contribution in [0.5, 0.6) is 0 Å². The molecule has 24 heavy (non-hydrogen) atoms. The van der Waals surface area contributed by atoms with Gasteiger partial charge < -0.3 is 10.2 Å². The van der Waals surface area contributed by atoms with Gasteiger partial charge in [0.05, 0.1) is 11.7 Å². The van der Waals surface area contributed by atoms with Gasteiger partial charge in [-0.25, -0.2) is 0 Å². The van der Waals surface area contributed by atoms with Crippen LogP contribution in [0.1, 0.15) is 40.9 Å². The fraction of sp³-hybridized carbons (Fsp3) is 0.227. The molecule has 122 valence electrons. The number of hydrogen-bond donors (Lipinski definition) is 2. The third kappa shape index (κ3) is 4.72. The molecule has 0 bridgehead atoms.